The van der Waals surface area contributed by atoms with Crippen LogP contribution in [0.3, 0.4) is 0 Å². The Kier molecular flexibility index (Phi) is 7.83. The van der Waals surface area contributed by atoms with Gasteiger partial charge in [0.05, 0.1) is 27.7 Å². The lowest BCUT2D eigenvalue weighted by Gasteiger charge is -2.36. The summed E-state index contributed by atoms with van der Waals surface area (Å²) in [5, 5.41) is 0.638. The van der Waals surface area contributed by atoms with E-state index in [4.69, 9.17) is 11.6 Å². The molecule has 0 bridgehead atoms. The van der Waals surface area contributed by atoms with Crippen molar-refractivity contribution >= 4 is 33.2 Å². The van der Waals surface area contributed by atoms with E-state index in [1.807, 2.05) is 0 Å². The number of rotatable bonds is 8. The van der Waals surface area contributed by atoms with Crippen molar-refractivity contribution < 1.29 is 26.4 Å². The Morgan fingerprint density at radius 1 is 1.03 bits per heavy atom. The maximum Gasteiger partial charge on any atom is 0.416 e. The van der Waals surface area contributed by atoms with Crippen molar-refractivity contribution in [2.24, 2.45) is 0 Å². The van der Waals surface area contributed by atoms with Crippen molar-refractivity contribution in [1.29, 1.82) is 0 Å². The van der Waals surface area contributed by atoms with Gasteiger partial charge >= 0.3 is 6.18 Å². The van der Waals surface area contributed by atoms with Gasteiger partial charge in [0, 0.05) is 18.8 Å². The molecule has 180 valence electrons. The zero-order chi connectivity index (χ0) is 24.9. The fourth-order valence-electron chi connectivity index (χ4n) is 3.17. The Bertz CT molecular complexity index is 1240. The number of hydrazine groups is 1. The number of carbonyl (C=O) groups excluding carboxylic acids is 1. The van der Waals surface area contributed by atoms with Gasteiger partial charge in [0.15, 0.2) is 0 Å². The van der Waals surface area contributed by atoms with Crippen LogP contribution in [0.4, 0.5) is 18.9 Å². The molecule has 2 aromatic carbocycles. The molecule has 0 atom stereocenters. The van der Waals surface area contributed by atoms with Gasteiger partial charge in [0.2, 0.25) is 5.91 Å². The summed E-state index contributed by atoms with van der Waals surface area (Å²) in [7, 11) is -4.55. The van der Waals surface area contributed by atoms with Gasteiger partial charge in [-0.05, 0) is 54.4 Å². The van der Waals surface area contributed by atoms with E-state index in [0.29, 0.717) is 22.5 Å². The van der Waals surface area contributed by atoms with Crippen molar-refractivity contribution in [3.8, 4) is 0 Å². The molecule has 11 heteroatoms. The summed E-state index contributed by atoms with van der Waals surface area (Å²) < 4.78 is 68.6. The maximum atomic E-state index is 13.8. The molecule has 0 saturated heterocycles. The van der Waals surface area contributed by atoms with Crippen LogP contribution in [0.15, 0.2) is 78.0 Å². The van der Waals surface area contributed by atoms with E-state index in [1.165, 1.54) is 36.7 Å². The quantitative estimate of drug-likeness (QED) is 0.364. The highest BCUT2D eigenvalue weighted by molar-refractivity contribution is 7.92. The van der Waals surface area contributed by atoms with Gasteiger partial charge in [0.1, 0.15) is 0 Å². The number of sulfonamides is 1. The minimum absolute atomic E-state index is 0.0392. The van der Waals surface area contributed by atoms with Crippen LogP contribution in [0.1, 0.15) is 30.9 Å². The van der Waals surface area contributed by atoms with Crippen LogP contribution in [-0.2, 0) is 27.5 Å². The molecule has 3 rings (SSSR count). The van der Waals surface area contributed by atoms with Crippen molar-refractivity contribution in [3.05, 3.63) is 89.2 Å². The van der Waals surface area contributed by atoms with Crippen molar-refractivity contribution in [2.75, 3.05) is 4.41 Å². The smallest absolute Gasteiger partial charge is 0.273 e. The summed E-state index contributed by atoms with van der Waals surface area (Å²) in [6.45, 7) is 1.50. The largest absolute Gasteiger partial charge is 0.416 e. The number of hydrogen-bond donors (Lipinski definition) is 0. The Labute approximate surface area is 200 Å². The first-order valence-corrected chi connectivity index (χ1v) is 12.0. The van der Waals surface area contributed by atoms with Crippen LogP contribution in [0.2, 0.25) is 5.02 Å². The van der Waals surface area contributed by atoms with Crippen molar-refractivity contribution in [2.45, 2.75) is 37.4 Å². The van der Waals surface area contributed by atoms with Gasteiger partial charge < -0.3 is 0 Å². The number of amides is 1. The Morgan fingerprint density at radius 2 is 1.68 bits per heavy atom. The summed E-state index contributed by atoms with van der Waals surface area (Å²) in [5.74, 6) is -0.604. The molecule has 0 spiro atoms. The third-order valence-electron chi connectivity index (χ3n) is 4.80. The van der Waals surface area contributed by atoms with E-state index in [1.54, 1.807) is 25.1 Å². The zero-order valence-electron chi connectivity index (χ0n) is 18.0. The zero-order valence-corrected chi connectivity index (χ0v) is 19.6. The molecule has 0 aliphatic rings. The third-order valence-corrected chi connectivity index (χ3v) is 6.84. The van der Waals surface area contributed by atoms with Crippen molar-refractivity contribution in [1.82, 2.24) is 9.99 Å². The standard InChI is InChI=1S/C23H21ClF3N3O3S/c1-2-6-22(31)29(16-17-11-13-28-14-12-17)30(34(32,33)19-7-4-3-5-8-19)21-15-18(23(25,26)27)9-10-20(21)24/h3-5,7-15H,2,6,16H2,1H3. The number of pyridine rings is 1. The summed E-state index contributed by atoms with van der Waals surface area (Å²) in [5.41, 5.74) is -1.07. The average Bonchev–Trinajstić information content (AvgIpc) is 2.80. The van der Waals surface area contributed by atoms with Crippen LogP contribution in [0, 0.1) is 0 Å². The topological polar surface area (TPSA) is 70.6 Å². The second-order valence-corrected chi connectivity index (χ2v) is 9.46. The SMILES string of the molecule is CCCC(=O)N(Cc1ccncc1)N(c1cc(C(F)(F)F)ccc1Cl)S(=O)(=O)c1ccccc1. The number of benzene rings is 2. The van der Waals surface area contributed by atoms with E-state index >= 15 is 0 Å². The molecular weight excluding hydrogens is 491 g/mol. The predicted octanol–water partition coefficient (Wildman–Crippen LogP) is 5.69. The van der Waals surface area contributed by atoms with Gasteiger partial charge in [-0.15, -0.1) is 0 Å². The van der Waals surface area contributed by atoms with Crippen LogP contribution < -0.4 is 4.41 Å². The number of halogens is 4. The van der Waals surface area contributed by atoms with E-state index < -0.39 is 33.4 Å². The van der Waals surface area contributed by atoms with Gasteiger partial charge in [-0.1, -0.05) is 36.7 Å². The first-order chi connectivity index (χ1) is 16.1. The van der Waals surface area contributed by atoms with Crippen LogP contribution in [0.5, 0.6) is 0 Å². The first kappa shape index (κ1) is 25.5. The molecule has 1 heterocycles. The fourth-order valence-corrected chi connectivity index (χ4v) is 4.94. The number of carbonyl (C=O) groups is 1. The van der Waals surface area contributed by atoms with Gasteiger partial charge in [-0.3, -0.25) is 9.78 Å². The van der Waals surface area contributed by atoms with Gasteiger partial charge in [-0.25, -0.2) is 5.01 Å². The molecule has 0 radical (unpaired) electrons. The van der Waals surface area contributed by atoms with Crippen molar-refractivity contribution in [3.63, 3.8) is 0 Å². The highest BCUT2D eigenvalue weighted by atomic mass is 35.5. The Morgan fingerprint density at radius 3 is 2.26 bits per heavy atom. The van der Waals surface area contributed by atoms with E-state index in [0.717, 1.165) is 17.1 Å². The molecule has 0 N–H and O–H groups in total. The number of nitrogens with zero attached hydrogens (tertiary/aromatic N) is 3. The van der Waals surface area contributed by atoms with Crippen LogP contribution in [-0.4, -0.2) is 24.3 Å². The lowest BCUT2D eigenvalue weighted by molar-refractivity contribution is -0.137. The van der Waals surface area contributed by atoms with E-state index in [2.05, 4.69) is 4.98 Å². The molecule has 3 aromatic rings. The van der Waals surface area contributed by atoms with E-state index in [-0.39, 0.29) is 22.9 Å². The first-order valence-electron chi connectivity index (χ1n) is 10.2. The van der Waals surface area contributed by atoms with Crippen LogP contribution in [0.25, 0.3) is 0 Å². The summed E-state index contributed by atoms with van der Waals surface area (Å²) >= 11 is 6.24. The third kappa shape index (κ3) is 5.68. The highest BCUT2D eigenvalue weighted by Gasteiger charge is 2.37. The molecule has 0 fully saturated rings. The number of alkyl halides is 3. The molecule has 0 aliphatic heterocycles. The van der Waals surface area contributed by atoms with Gasteiger partial charge in [-0.2, -0.15) is 26.0 Å². The lowest BCUT2D eigenvalue weighted by Crippen LogP contribution is -2.49. The molecule has 1 amide bonds. The maximum absolute atomic E-state index is 13.8. The summed E-state index contributed by atoms with van der Waals surface area (Å²) in [4.78, 5) is 16.9. The summed E-state index contributed by atoms with van der Waals surface area (Å²) in [6, 6.07) is 12.6. The average molecular weight is 512 g/mol. The number of aromatic nitrogens is 1. The van der Waals surface area contributed by atoms with Crippen LogP contribution >= 0.6 is 11.6 Å². The number of hydrogen-bond acceptors (Lipinski definition) is 4. The lowest BCUT2D eigenvalue weighted by atomic mass is 10.2. The molecule has 6 nitrogen and oxygen atoms in total. The highest BCUT2D eigenvalue weighted by Crippen LogP contribution is 2.38. The minimum Gasteiger partial charge on any atom is -0.273 e. The normalized spacial score (nSPS) is 11.8. The Hall–Kier alpha value is -3.11. The predicted molar refractivity (Wildman–Crippen MR) is 122 cm³/mol. The molecule has 0 aliphatic carbocycles. The van der Waals surface area contributed by atoms with Gasteiger partial charge in [0.25, 0.3) is 10.0 Å². The number of anilines is 1. The Balaban J connectivity index is 2.28. The molecular formula is C23H21ClF3N3O3S. The molecule has 34 heavy (non-hydrogen) atoms. The fraction of sp³-hybridized carbons (Fsp3) is 0.217. The second-order valence-electron chi connectivity index (χ2n) is 7.28. The van der Waals surface area contributed by atoms with E-state index in [9.17, 15) is 26.4 Å². The molecule has 0 saturated carbocycles. The minimum atomic E-state index is -4.76. The molecule has 0 unspecified atom stereocenters. The summed E-state index contributed by atoms with van der Waals surface area (Å²) in [6.07, 6.45) is -1.48. The second kappa shape index (κ2) is 10.4. The monoisotopic (exact) mass is 511 g/mol. The molecule has 1 aromatic heterocycles.